The number of rotatable bonds is 16. The van der Waals surface area contributed by atoms with E-state index in [2.05, 4.69) is 53.5 Å². The van der Waals surface area contributed by atoms with Gasteiger partial charge in [0.1, 0.15) is 0 Å². The van der Waals surface area contributed by atoms with Crippen LogP contribution in [0.15, 0.2) is 71.0 Å². The molecule has 0 bridgehead atoms. The quantitative estimate of drug-likeness (QED) is 0.107. The number of hydrogen-bond donors (Lipinski definition) is 0. The molecule has 0 fully saturated rings. The van der Waals surface area contributed by atoms with E-state index < -0.39 is 36.0 Å². The van der Waals surface area contributed by atoms with Crippen molar-refractivity contribution in [1.29, 1.82) is 0 Å². The van der Waals surface area contributed by atoms with Gasteiger partial charge >= 0.3 is 238 Å². The first-order chi connectivity index (χ1) is 20.2. The number of carbonyl (C=O) groups is 2. The van der Waals surface area contributed by atoms with Gasteiger partial charge in [-0.1, -0.05) is 6.07 Å². The fraction of sp³-hybridized carbons (Fsp3) is 0.486. The Bertz CT molecular complexity index is 1300. The number of imide groups is 1. The van der Waals surface area contributed by atoms with Crippen LogP contribution >= 0.6 is 22.6 Å². The van der Waals surface area contributed by atoms with E-state index in [4.69, 9.17) is 4.74 Å². The molecule has 3 aromatic rings. The molecule has 0 unspecified atom stereocenters. The molecule has 7 heteroatoms. The third-order valence-corrected chi connectivity index (χ3v) is 23.3. The number of hydrogen-bond acceptors (Lipinski definition) is 3. The molecule has 0 atom stereocenters. The Kier molecular flexibility index (Phi) is 13.9. The summed E-state index contributed by atoms with van der Waals surface area (Å²) in [5, 5.41) is 2.11. The molecule has 2 amide bonds. The van der Waals surface area contributed by atoms with E-state index >= 15 is 0 Å². The average Bonchev–Trinajstić information content (AvgIpc) is 3.41. The summed E-state index contributed by atoms with van der Waals surface area (Å²) in [6.45, 7) is 10.8. The Labute approximate surface area is 271 Å². The van der Waals surface area contributed by atoms with Crippen LogP contribution in [0.1, 0.15) is 96.3 Å². The van der Waals surface area contributed by atoms with E-state index in [-0.39, 0.29) is 0 Å². The number of benzene rings is 2. The number of halogens is 1. The van der Waals surface area contributed by atoms with Crippen LogP contribution in [0.2, 0.25) is 13.3 Å². The molecule has 0 radical (unpaired) electrons. The van der Waals surface area contributed by atoms with Crippen molar-refractivity contribution in [2.24, 2.45) is 0 Å². The second kappa shape index (κ2) is 16.9. The second-order valence-corrected chi connectivity index (χ2v) is 26.2. The number of fused-ring (bicyclic) bond motifs is 1. The zero-order chi connectivity index (χ0) is 30.6. The zero-order valence-electron chi connectivity index (χ0n) is 26.2. The summed E-state index contributed by atoms with van der Waals surface area (Å²) < 4.78 is 15.8. The van der Waals surface area contributed by atoms with Crippen LogP contribution < -0.4 is 5.01 Å². The zero-order valence-corrected chi connectivity index (χ0v) is 31.2. The van der Waals surface area contributed by atoms with Gasteiger partial charge in [0.15, 0.2) is 0 Å². The van der Waals surface area contributed by atoms with Gasteiger partial charge in [0.25, 0.3) is 0 Å². The second-order valence-electron chi connectivity index (χ2n) is 12.1. The van der Waals surface area contributed by atoms with Crippen molar-refractivity contribution >= 4 is 63.9 Å². The fourth-order valence-electron chi connectivity index (χ4n) is 5.57. The summed E-state index contributed by atoms with van der Waals surface area (Å²) in [4.78, 5) is 27.5. The number of amides is 2. The Balaban J connectivity index is 1.80. The first-order valence-electron chi connectivity index (χ1n) is 15.7. The van der Waals surface area contributed by atoms with Crippen molar-refractivity contribution in [3.05, 3.63) is 80.1 Å². The van der Waals surface area contributed by atoms with E-state index in [0.717, 1.165) is 25.9 Å². The third kappa shape index (κ3) is 9.60. The van der Waals surface area contributed by atoms with Gasteiger partial charge in [-0.05, 0) is 28.7 Å². The van der Waals surface area contributed by atoms with Crippen LogP contribution in [-0.4, -0.2) is 40.7 Å². The molecule has 2 aromatic carbocycles. The summed E-state index contributed by atoms with van der Waals surface area (Å²) in [7, 11) is 0. The van der Waals surface area contributed by atoms with Gasteiger partial charge in [0, 0.05) is 0 Å². The maximum atomic E-state index is 13.8. The van der Waals surface area contributed by atoms with Crippen LogP contribution in [0.4, 0.5) is 4.79 Å². The minimum atomic E-state index is -2.35. The summed E-state index contributed by atoms with van der Waals surface area (Å²) >= 11 is -0.0804. The molecule has 228 valence electrons. The molecule has 0 saturated heterocycles. The number of aromatic nitrogens is 1. The van der Waals surface area contributed by atoms with Gasteiger partial charge < -0.3 is 0 Å². The van der Waals surface area contributed by atoms with Gasteiger partial charge in [-0.2, -0.15) is 0 Å². The molecule has 5 nitrogen and oxygen atoms in total. The Hall–Kier alpha value is -1.81. The normalized spacial score (nSPS) is 12.2. The Morgan fingerprint density at radius 1 is 0.905 bits per heavy atom. The topological polar surface area (TPSA) is 51.5 Å². The third-order valence-electron chi connectivity index (χ3n) is 8.09. The van der Waals surface area contributed by atoms with Crippen molar-refractivity contribution in [3.63, 3.8) is 0 Å². The van der Waals surface area contributed by atoms with Crippen LogP contribution in [0.3, 0.4) is 0 Å². The molecule has 0 spiro atoms. The van der Waals surface area contributed by atoms with Gasteiger partial charge in [-0.3, -0.25) is 0 Å². The molecule has 3 rings (SSSR count). The van der Waals surface area contributed by atoms with Crippen molar-refractivity contribution in [2.75, 3.05) is 5.01 Å². The minimum absolute atomic E-state index is 0.422. The SMILES string of the molecule is CCC[CH2][Sn](/[CH]=C/CCC(C)(C)OC(=O)N(C(=O)c1ccccc1)n1ccc2c(I)cccc21)([CH2]CCC)[CH2]CCC. The molecule has 0 aliphatic carbocycles. The molecule has 1 heterocycles. The number of allylic oxidation sites excluding steroid dienone is 1. The fourth-order valence-corrected chi connectivity index (χ4v) is 20.8. The summed E-state index contributed by atoms with van der Waals surface area (Å²) in [6, 6.07) is 16.7. The van der Waals surface area contributed by atoms with E-state index in [0.29, 0.717) is 12.0 Å². The Morgan fingerprint density at radius 3 is 2.12 bits per heavy atom. The van der Waals surface area contributed by atoms with Gasteiger partial charge in [-0.25, -0.2) is 0 Å². The molecule has 42 heavy (non-hydrogen) atoms. The van der Waals surface area contributed by atoms with Crippen molar-refractivity contribution < 1.29 is 14.3 Å². The van der Waals surface area contributed by atoms with Gasteiger partial charge in [0.05, 0.1) is 0 Å². The summed E-state index contributed by atoms with van der Waals surface area (Å²) in [5.41, 5.74) is 0.472. The predicted molar refractivity (Wildman–Crippen MR) is 187 cm³/mol. The average molecular weight is 791 g/mol. The molecule has 0 aliphatic rings. The predicted octanol–water partition coefficient (Wildman–Crippen LogP) is 10.7. The molecule has 0 aliphatic heterocycles. The first kappa shape index (κ1) is 34.7. The van der Waals surface area contributed by atoms with E-state index in [1.54, 1.807) is 35.1 Å². The van der Waals surface area contributed by atoms with Gasteiger partial charge in [0.2, 0.25) is 0 Å². The van der Waals surface area contributed by atoms with Crippen molar-refractivity contribution in [3.8, 4) is 0 Å². The maximum absolute atomic E-state index is 13.8. The summed E-state index contributed by atoms with van der Waals surface area (Å²) in [5.74, 6) is -0.422. The first-order valence-corrected chi connectivity index (χ1v) is 24.5. The molecular formula is C35H49IN2O3Sn. The van der Waals surface area contributed by atoms with Crippen molar-refractivity contribution in [1.82, 2.24) is 4.68 Å². The van der Waals surface area contributed by atoms with Gasteiger partial charge in [-0.15, -0.1) is 0 Å². The van der Waals surface area contributed by atoms with Crippen LogP contribution in [0, 0.1) is 3.57 Å². The number of ether oxygens (including phenoxy) is 1. The van der Waals surface area contributed by atoms with Crippen molar-refractivity contribution in [2.45, 2.75) is 105 Å². The standard InChI is InChI=1S/C23H22IN2O3.3C4H9.Sn/c1-4-5-15-23(2,3)29-22(28)26(21(27)17-10-7-6-8-11-17)25-16-14-18-19(24)12-9-13-20(18)25;3*1-3-4-2;/h1,4,6-14,16H,5,15H2,2-3H3;3*1,3-4H2,2H3;. The van der Waals surface area contributed by atoms with E-state index in [1.807, 2.05) is 44.2 Å². The van der Waals surface area contributed by atoms with Crippen LogP contribution in [-0.2, 0) is 4.74 Å². The molecule has 0 N–H and O–H groups in total. The monoisotopic (exact) mass is 792 g/mol. The summed E-state index contributed by atoms with van der Waals surface area (Å²) in [6.07, 6.45) is 12.9. The number of nitrogens with zero attached hydrogens (tertiary/aromatic N) is 2. The van der Waals surface area contributed by atoms with Crippen LogP contribution in [0.5, 0.6) is 0 Å². The number of unbranched alkanes of at least 4 members (excludes halogenated alkanes) is 3. The molecule has 1 aromatic heterocycles. The Morgan fingerprint density at radius 2 is 1.52 bits per heavy atom. The number of carbonyl (C=O) groups excluding carboxylic acids is 2. The van der Waals surface area contributed by atoms with E-state index in [9.17, 15) is 9.59 Å². The van der Waals surface area contributed by atoms with Crippen LogP contribution in [0.25, 0.3) is 10.9 Å². The molecular weight excluding hydrogens is 742 g/mol. The molecule has 0 saturated carbocycles. The van der Waals surface area contributed by atoms with E-state index in [1.165, 1.54) is 51.8 Å².